The normalized spacial score (nSPS) is 10.4. The van der Waals surface area contributed by atoms with E-state index in [9.17, 15) is 9.90 Å². The minimum absolute atomic E-state index is 0.0390. The Balaban J connectivity index is 1.49. The van der Waals surface area contributed by atoms with E-state index in [0.29, 0.717) is 13.1 Å². The Labute approximate surface area is 146 Å². The Hall–Kier alpha value is -3.12. The van der Waals surface area contributed by atoms with Crippen LogP contribution >= 0.6 is 0 Å². The summed E-state index contributed by atoms with van der Waals surface area (Å²) in [6.07, 6.45) is 5.35. The largest absolute Gasteiger partial charge is 0.392 e. The highest BCUT2D eigenvalue weighted by atomic mass is 16.3. The van der Waals surface area contributed by atoms with Gasteiger partial charge in [-0.05, 0) is 28.8 Å². The molecule has 0 radical (unpaired) electrons. The number of aliphatic hydroxyl groups is 1. The number of benzene rings is 2. The van der Waals surface area contributed by atoms with Gasteiger partial charge in [-0.3, -0.25) is 0 Å². The Bertz CT molecular complexity index is 814. The number of carbonyl (C=O) groups is 1. The van der Waals surface area contributed by atoms with Crippen LogP contribution in [0.5, 0.6) is 0 Å². The Morgan fingerprint density at radius 3 is 2.40 bits per heavy atom. The second-order valence-corrected chi connectivity index (χ2v) is 5.60. The Morgan fingerprint density at radius 1 is 1.00 bits per heavy atom. The molecule has 6 nitrogen and oxygen atoms in total. The average Bonchev–Trinajstić information content (AvgIpc) is 3.20. The molecule has 3 aromatic rings. The van der Waals surface area contributed by atoms with Gasteiger partial charge in [0.15, 0.2) is 0 Å². The lowest BCUT2D eigenvalue weighted by Crippen LogP contribution is -2.34. The molecule has 0 spiro atoms. The lowest BCUT2D eigenvalue weighted by molar-refractivity contribution is 0.240. The van der Waals surface area contributed by atoms with Crippen molar-refractivity contribution in [2.24, 2.45) is 0 Å². The van der Waals surface area contributed by atoms with Gasteiger partial charge in [0.1, 0.15) is 0 Å². The number of carbonyl (C=O) groups excluding carboxylic acids is 1. The molecule has 0 aliphatic rings. The summed E-state index contributed by atoms with van der Waals surface area (Å²) >= 11 is 0. The van der Waals surface area contributed by atoms with Gasteiger partial charge in [0, 0.05) is 31.2 Å². The van der Waals surface area contributed by atoms with Crippen molar-refractivity contribution in [2.45, 2.75) is 19.7 Å². The molecule has 128 valence electrons. The summed E-state index contributed by atoms with van der Waals surface area (Å²) in [5.74, 6) is 0. The highest BCUT2D eigenvalue weighted by Crippen LogP contribution is 2.10. The molecule has 6 heteroatoms. The highest BCUT2D eigenvalue weighted by molar-refractivity contribution is 5.73. The van der Waals surface area contributed by atoms with Crippen molar-refractivity contribution >= 4 is 6.03 Å². The van der Waals surface area contributed by atoms with Crippen molar-refractivity contribution in [1.82, 2.24) is 20.2 Å². The molecule has 0 fully saturated rings. The van der Waals surface area contributed by atoms with Crippen LogP contribution in [-0.2, 0) is 19.7 Å². The number of urea groups is 1. The van der Waals surface area contributed by atoms with E-state index in [2.05, 4.69) is 15.6 Å². The fourth-order valence-corrected chi connectivity index (χ4v) is 2.50. The molecule has 0 saturated carbocycles. The quantitative estimate of drug-likeness (QED) is 0.646. The summed E-state index contributed by atoms with van der Waals surface area (Å²) in [6, 6.07) is 15.1. The maximum absolute atomic E-state index is 11.9. The highest BCUT2D eigenvalue weighted by Gasteiger charge is 2.04. The summed E-state index contributed by atoms with van der Waals surface area (Å²) < 4.78 is 1.92. The predicted molar refractivity (Wildman–Crippen MR) is 95.0 cm³/mol. The van der Waals surface area contributed by atoms with Gasteiger partial charge in [-0.2, -0.15) is 0 Å². The lowest BCUT2D eigenvalue weighted by Gasteiger charge is -2.10. The van der Waals surface area contributed by atoms with Crippen molar-refractivity contribution in [3.05, 3.63) is 83.9 Å². The van der Waals surface area contributed by atoms with Crippen LogP contribution in [0.1, 0.15) is 16.7 Å². The average molecular weight is 336 g/mol. The SMILES string of the molecule is O=C(NCc1ccc(-n2ccnc2)cc1)NCc1ccccc1CO. The van der Waals surface area contributed by atoms with Gasteiger partial charge in [-0.25, -0.2) is 9.78 Å². The summed E-state index contributed by atoms with van der Waals surface area (Å²) in [5, 5.41) is 14.9. The fourth-order valence-electron chi connectivity index (χ4n) is 2.50. The second-order valence-electron chi connectivity index (χ2n) is 5.60. The van der Waals surface area contributed by atoms with E-state index in [1.54, 1.807) is 12.5 Å². The molecule has 1 heterocycles. The number of hydrogen-bond acceptors (Lipinski definition) is 3. The zero-order valence-corrected chi connectivity index (χ0v) is 13.7. The number of imidazole rings is 1. The number of nitrogens with zero attached hydrogens (tertiary/aromatic N) is 2. The third kappa shape index (κ3) is 4.45. The van der Waals surface area contributed by atoms with Crippen molar-refractivity contribution in [1.29, 1.82) is 0 Å². The second kappa shape index (κ2) is 8.12. The number of hydrogen-bond donors (Lipinski definition) is 3. The predicted octanol–water partition coefficient (Wildman–Crippen LogP) is 2.36. The smallest absolute Gasteiger partial charge is 0.315 e. The van der Waals surface area contributed by atoms with E-state index in [0.717, 1.165) is 22.4 Å². The van der Waals surface area contributed by atoms with Gasteiger partial charge in [0.05, 0.1) is 12.9 Å². The van der Waals surface area contributed by atoms with Gasteiger partial charge < -0.3 is 20.3 Å². The van der Waals surface area contributed by atoms with Gasteiger partial charge in [0.2, 0.25) is 0 Å². The van der Waals surface area contributed by atoms with Gasteiger partial charge in [-0.1, -0.05) is 36.4 Å². The van der Waals surface area contributed by atoms with Crippen LogP contribution in [0.25, 0.3) is 5.69 Å². The molecule has 25 heavy (non-hydrogen) atoms. The number of amides is 2. The first kappa shape index (κ1) is 16.7. The first-order valence-electron chi connectivity index (χ1n) is 8.03. The van der Waals surface area contributed by atoms with E-state index in [4.69, 9.17) is 0 Å². The molecule has 3 rings (SSSR count). The summed E-state index contributed by atoms with van der Waals surface area (Å²) in [4.78, 5) is 16.0. The van der Waals surface area contributed by atoms with Gasteiger partial charge in [0.25, 0.3) is 0 Å². The molecule has 1 aromatic heterocycles. The molecule has 0 unspecified atom stereocenters. The molecule has 3 N–H and O–H groups in total. The third-order valence-electron chi connectivity index (χ3n) is 3.92. The van der Waals surface area contributed by atoms with E-state index in [1.807, 2.05) is 59.3 Å². The van der Waals surface area contributed by atoms with Crippen LogP contribution in [0.15, 0.2) is 67.3 Å². The molecular weight excluding hydrogens is 316 g/mol. The zero-order chi connectivity index (χ0) is 17.5. The van der Waals surface area contributed by atoms with Gasteiger partial charge >= 0.3 is 6.03 Å². The first-order chi connectivity index (χ1) is 12.3. The fraction of sp³-hybridized carbons (Fsp3) is 0.158. The summed E-state index contributed by atoms with van der Waals surface area (Å²) in [7, 11) is 0. The van der Waals surface area contributed by atoms with Crippen LogP contribution in [0.2, 0.25) is 0 Å². The van der Waals surface area contributed by atoms with Crippen LogP contribution in [0, 0.1) is 0 Å². The van der Waals surface area contributed by atoms with E-state index in [1.165, 1.54) is 0 Å². The number of aromatic nitrogens is 2. The topological polar surface area (TPSA) is 79.2 Å². The monoisotopic (exact) mass is 336 g/mol. The van der Waals surface area contributed by atoms with Crippen LogP contribution in [0.3, 0.4) is 0 Å². The number of nitrogens with one attached hydrogen (secondary N) is 2. The summed E-state index contributed by atoms with van der Waals surface area (Å²) in [5.41, 5.74) is 3.75. The van der Waals surface area contributed by atoms with Crippen molar-refractivity contribution in [3.63, 3.8) is 0 Å². The first-order valence-corrected chi connectivity index (χ1v) is 8.03. The van der Waals surface area contributed by atoms with E-state index >= 15 is 0 Å². The van der Waals surface area contributed by atoms with Crippen molar-refractivity contribution in [2.75, 3.05) is 0 Å². The summed E-state index contributed by atoms with van der Waals surface area (Å²) in [6.45, 7) is 0.780. The standard InChI is InChI=1S/C19H20N4O2/c24-13-17-4-2-1-3-16(17)12-22-19(25)21-11-15-5-7-18(8-6-15)23-10-9-20-14-23/h1-10,14,24H,11-13H2,(H2,21,22,25). The van der Waals surface area contributed by atoms with Gasteiger partial charge in [-0.15, -0.1) is 0 Å². The Kier molecular flexibility index (Phi) is 5.43. The minimum atomic E-state index is -0.244. The lowest BCUT2D eigenvalue weighted by atomic mass is 10.1. The molecule has 2 amide bonds. The molecule has 0 aliphatic carbocycles. The van der Waals surface area contributed by atoms with Crippen LogP contribution in [-0.4, -0.2) is 20.7 Å². The molecule has 0 atom stereocenters. The van der Waals surface area contributed by atoms with E-state index < -0.39 is 0 Å². The molecule has 0 bridgehead atoms. The Morgan fingerprint density at radius 2 is 1.72 bits per heavy atom. The van der Waals surface area contributed by atoms with Crippen molar-refractivity contribution in [3.8, 4) is 5.69 Å². The van der Waals surface area contributed by atoms with Crippen LogP contribution in [0.4, 0.5) is 4.79 Å². The minimum Gasteiger partial charge on any atom is -0.392 e. The maximum atomic E-state index is 11.9. The maximum Gasteiger partial charge on any atom is 0.315 e. The number of aliphatic hydroxyl groups excluding tert-OH is 1. The zero-order valence-electron chi connectivity index (χ0n) is 13.7. The number of rotatable bonds is 6. The molecule has 0 saturated heterocycles. The van der Waals surface area contributed by atoms with E-state index in [-0.39, 0.29) is 12.6 Å². The molecule has 2 aromatic carbocycles. The van der Waals surface area contributed by atoms with Crippen LogP contribution < -0.4 is 10.6 Å². The van der Waals surface area contributed by atoms with Crippen molar-refractivity contribution < 1.29 is 9.90 Å². The molecule has 0 aliphatic heterocycles. The molecular formula is C19H20N4O2. The third-order valence-corrected chi connectivity index (χ3v) is 3.92.